The maximum atomic E-state index is 5.44. The van der Waals surface area contributed by atoms with E-state index < -0.39 is 0 Å². The van der Waals surface area contributed by atoms with Crippen LogP contribution in [0.4, 0.5) is 5.95 Å². The van der Waals surface area contributed by atoms with Crippen molar-refractivity contribution < 1.29 is 4.74 Å². The Morgan fingerprint density at radius 1 is 1.11 bits per heavy atom. The van der Waals surface area contributed by atoms with Gasteiger partial charge in [0.25, 0.3) is 0 Å². The first-order valence-electron chi connectivity index (χ1n) is 10.1. The summed E-state index contributed by atoms with van der Waals surface area (Å²) in [5.74, 6) is 1.80. The van der Waals surface area contributed by atoms with Crippen molar-refractivity contribution in [3.8, 4) is 5.75 Å². The molecule has 1 N–H and O–H groups in total. The van der Waals surface area contributed by atoms with Crippen LogP contribution in [0, 0.1) is 6.92 Å². The summed E-state index contributed by atoms with van der Waals surface area (Å²) >= 11 is 0. The maximum Gasteiger partial charge on any atom is 0.225 e. The molecule has 0 amide bonds. The minimum absolute atomic E-state index is 0.177. The highest BCUT2D eigenvalue weighted by atomic mass is 16.5. The van der Waals surface area contributed by atoms with Gasteiger partial charge in [-0.3, -0.25) is 0 Å². The monoisotopic (exact) mass is 368 g/mol. The van der Waals surface area contributed by atoms with Crippen molar-refractivity contribution in [1.29, 1.82) is 0 Å². The second-order valence-corrected chi connectivity index (χ2v) is 7.38. The summed E-state index contributed by atoms with van der Waals surface area (Å²) in [7, 11) is 1.71. The number of hydrogen-bond donors (Lipinski definition) is 1. The molecule has 1 aromatic carbocycles. The number of rotatable bonds is 6. The minimum Gasteiger partial charge on any atom is -0.496 e. The molecular weight excluding hydrogens is 336 g/mol. The highest BCUT2D eigenvalue weighted by Gasteiger charge is 2.16. The molecule has 5 nitrogen and oxygen atoms in total. The molecule has 1 aliphatic heterocycles. The van der Waals surface area contributed by atoms with Crippen LogP contribution < -0.4 is 15.0 Å². The molecule has 1 aromatic heterocycles. The van der Waals surface area contributed by atoms with Crippen LogP contribution in [0.3, 0.4) is 0 Å². The SMILES string of the molecule is COc1ccccc1CNC(C)c1cnc(N2CCCCCCC2)nc1C. The average Bonchev–Trinajstić information content (AvgIpc) is 2.66. The molecule has 3 rings (SSSR count). The Labute approximate surface area is 163 Å². The van der Waals surface area contributed by atoms with Crippen LogP contribution in [0.5, 0.6) is 5.75 Å². The van der Waals surface area contributed by atoms with Crippen molar-refractivity contribution in [3.05, 3.63) is 47.3 Å². The van der Waals surface area contributed by atoms with Crippen LogP contribution in [0.1, 0.15) is 61.9 Å². The number of benzene rings is 1. The molecular formula is C22H32N4O. The van der Waals surface area contributed by atoms with Crippen molar-refractivity contribution in [2.24, 2.45) is 0 Å². The Hall–Kier alpha value is -2.14. The third kappa shape index (κ3) is 5.19. The largest absolute Gasteiger partial charge is 0.496 e. The van der Waals surface area contributed by atoms with Gasteiger partial charge >= 0.3 is 0 Å². The van der Waals surface area contributed by atoms with E-state index in [1.807, 2.05) is 24.4 Å². The van der Waals surface area contributed by atoms with E-state index in [1.165, 1.54) is 32.1 Å². The summed E-state index contributed by atoms with van der Waals surface area (Å²) in [4.78, 5) is 11.9. The molecule has 0 saturated carbocycles. The van der Waals surface area contributed by atoms with E-state index >= 15 is 0 Å². The summed E-state index contributed by atoms with van der Waals surface area (Å²) < 4.78 is 5.44. The summed E-state index contributed by atoms with van der Waals surface area (Å²) in [5, 5.41) is 3.57. The number of para-hydroxylation sites is 1. The van der Waals surface area contributed by atoms with E-state index in [-0.39, 0.29) is 6.04 Å². The van der Waals surface area contributed by atoms with E-state index in [0.717, 1.165) is 48.2 Å². The van der Waals surface area contributed by atoms with Crippen LogP contribution >= 0.6 is 0 Å². The van der Waals surface area contributed by atoms with Gasteiger partial charge in [-0.2, -0.15) is 0 Å². The number of ether oxygens (including phenoxy) is 1. The number of aryl methyl sites for hydroxylation is 1. The Balaban J connectivity index is 1.65. The fourth-order valence-corrected chi connectivity index (χ4v) is 3.71. The molecule has 0 bridgehead atoms. The van der Waals surface area contributed by atoms with Crippen molar-refractivity contribution >= 4 is 5.95 Å². The normalized spacial score (nSPS) is 16.5. The van der Waals surface area contributed by atoms with Crippen LogP contribution in [-0.2, 0) is 6.54 Å². The second-order valence-electron chi connectivity index (χ2n) is 7.38. The zero-order chi connectivity index (χ0) is 19.1. The first-order valence-corrected chi connectivity index (χ1v) is 10.1. The second kappa shape index (κ2) is 9.70. The van der Waals surface area contributed by atoms with Gasteiger partial charge in [-0.25, -0.2) is 9.97 Å². The highest BCUT2D eigenvalue weighted by Crippen LogP contribution is 2.22. The quantitative estimate of drug-likeness (QED) is 0.818. The van der Waals surface area contributed by atoms with Crippen molar-refractivity contribution in [2.45, 2.75) is 58.5 Å². The molecule has 5 heteroatoms. The van der Waals surface area contributed by atoms with E-state index in [1.54, 1.807) is 7.11 Å². The van der Waals surface area contributed by atoms with Gasteiger partial charge in [0.15, 0.2) is 0 Å². The number of nitrogens with zero attached hydrogens (tertiary/aromatic N) is 3. The lowest BCUT2D eigenvalue weighted by molar-refractivity contribution is 0.406. The molecule has 1 atom stereocenters. The predicted octanol–water partition coefficient (Wildman–Crippen LogP) is 4.41. The predicted molar refractivity (Wildman–Crippen MR) is 110 cm³/mol. The molecule has 2 heterocycles. The summed E-state index contributed by atoms with van der Waals surface area (Å²) in [6.45, 7) is 7.14. The Morgan fingerprint density at radius 2 is 1.81 bits per heavy atom. The number of nitrogens with one attached hydrogen (secondary N) is 1. The van der Waals surface area contributed by atoms with E-state index in [0.29, 0.717) is 0 Å². The van der Waals surface area contributed by atoms with Crippen LogP contribution in [0.25, 0.3) is 0 Å². The van der Waals surface area contributed by atoms with E-state index in [4.69, 9.17) is 14.7 Å². The van der Waals surface area contributed by atoms with Gasteiger partial charge in [-0.1, -0.05) is 37.5 Å². The molecule has 1 saturated heterocycles. The molecule has 2 aromatic rings. The smallest absolute Gasteiger partial charge is 0.225 e. The molecule has 1 unspecified atom stereocenters. The maximum absolute atomic E-state index is 5.44. The molecule has 146 valence electrons. The fraction of sp³-hybridized carbons (Fsp3) is 0.545. The number of anilines is 1. The standard InChI is InChI=1S/C22H32N4O/c1-17(23-15-19-11-7-8-12-21(19)27-3)20-16-24-22(25-18(20)2)26-13-9-5-4-6-10-14-26/h7-8,11-12,16-17,23H,4-6,9-10,13-15H2,1-3H3. The number of hydrogen-bond acceptors (Lipinski definition) is 5. The van der Waals surface area contributed by atoms with Gasteiger partial charge in [0.05, 0.1) is 7.11 Å². The molecule has 0 radical (unpaired) electrons. The third-order valence-electron chi connectivity index (χ3n) is 5.40. The summed E-state index contributed by atoms with van der Waals surface area (Å²) in [6, 6.07) is 8.29. The molecule has 1 aliphatic rings. The highest BCUT2D eigenvalue weighted by molar-refractivity contribution is 5.35. The third-order valence-corrected chi connectivity index (χ3v) is 5.40. The van der Waals surface area contributed by atoms with Crippen LogP contribution in [-0.4, -0.2) is 30.2 Å². The van der Waals surface area contributed by atoms with Gasteiger partial charge in [-0.15, -0.1) is 0 Å². The zero-order valence-electron chi connectivity index (χ0n) is 16.9. The van der Waals surface area contributed by atoms with Gasteiger partial charge in [0.2, 0.25) is 5.95 Å². The lowest BCUT2D eigenvalue weighted by Crippen LogP contribution is -2.29. The van der Waals surface area contributed by atoms with E-state index in [2.05, 4.69) is 30.1 Å². The Morgan fingerprint density at radius 3 is 2.52 bits per heavy atom. The summed E-state index contributed by atoms with van der Waals surface area (Å²) in [6.07, 6.45) is 8.47. The van der Waals surface area contributed by atoms with Crippen LogP contribution in [0.15, 0.2) is 30.5 Å². The fourth-order valence-electron chi connectivity index (χ4n) is 3.71. The van der Waals surface area contributed by atoms with Crippen molar-refractivity contribution in [3.63, 3.8) is 0 Å². The first-order chi connectivity index (χ1) is 13.2. The van der Waals surface area contributed by atoms with Crippen molar-refractivity contribution in [1.82, 2.24) is 15.3 Å². The molecule has 0 spiro atoms. The van der Waals surface area contributed by atoms with Gasteiger partial charge in [0.1, 0.15) is 5.75 Å². The topological polar surface area (TPSA) is 50.3 Å². The summed E-state index contributed by atoms with van der Waals surface area (Å²) in [5.41, 5.74) is 3.37. The van der Waals surface area contributed by atoms with Crippen molar-refractivity contribution in [2.75, 3.05) is 25.1 Å². The molecule has 0 aliphatic carbocycles. The van der Waals surface area contributed by atoms with Crippen LogP contribution in [0.2, 0.25) is 0 Å². The van der Waals surface area contributed by atoms with Gasteiger partial charge in [-0.05, 0) is 32.8 Å². The van der Waals surface area contributed by atoms with Gasteiger partial charge in [0, 0.05) is 48.7 Å². The molecule has 1 fully saturated rings. The molecule has 27 heavy (non-hydrogen) atoms. The number of aromatic nitrogens is 2. The van der Waals surface area contributed by atoms with E-state index in [9.17, 15) is 0 Å². The first kappa shape index (κ1) is 19.6. The number of methoxy groups -OCH3 is 1. The average molecular weight is 369 g/mol. The zero-order valence-corrected chi connectivity index (χ0v) is 16.9. The Kier molecular flexibility index (Phi) is 7.04. The van der Waals surface area contributed by atoms with Gasteiger partial charge < -0.3 is 15.0 Å². The lowest BCUT2D eigenvalue weighted by Gasteiger charge is -2.25. The lowest BCUT2D eigenvalue weighted by atomic mass is 10.1. The Bertz CT molecular complexity index is 726. The minimum atomic E-state index is 0.177.